The van der Waals surface area contributed by atoms with Crippen molar-refractivity contribution in [2.24, 2.45) is 5.14 Å². The van der Waals surface area contributed by atoms with Crippen LogP contribution >= 0.6 is 0 Å². The minimum Gasteiger partial charge on any atom is -0.385 e. The number of methoxy groups -OCH3 is 1. The van der Waals surface area contributed by atoms with Gasteiger partial charge in [-0.3, -0.25) is 0 Å². The van der Waals surface area contributed by atoms with Crippen LogP contribution in [0.25, 0.3) is 0 Å². The number of benzene rings is 1. The first kappa shape index (κ1) is 16.1. The lowest BCUT2D eigenvalue weighted by Crippen LogP contribution is -2.28. The number of rotatable bonds is 7. The summed E-state index contributed by atoms with van der Waals surface area (Å²) in [5, 5.41) is 4.99. The van der Waals surface area contributed by atoms with Gasteiger partial charge in [-0.1, -0.05) is 12.1 Å². The Kier molecular flexibility index (Phi) is 5.44. The van der Waals surface area contributed by atoms with Crippen LogP contribution in [0.15, 0.2) is 34.1 Å². The van der Waals surface area contributed by atoms with Gasteiger partial charge in [0, 0.05) is 20.3 Å². The summed E-state index contributed by atoms with van der Waals surface area (Å²) in [5.41, 5.74) is 0. The van der Waals surface area contributed by atoms with E-state index in [1.165, 1.54) is 25.3 Å². The normalized spacial score (nSPS) is 12.5. The van der Waals surface area contributed by atoms with E-state index in [1.807, 2.05) is 0 Å². The van der Waals surface area contributed by atoms with Gasteiger partial charge in [-0.15, -0.1) is 0 Å². The molecule has 0 aliphatic carbocycles. The number of hydrogen-bond donors (Lipinski definition) is 2. The van der Waals surface area contributed by atoms with Crippen LogP contribution in [-0.2, 0) is 24.8 Å². The van der Waals surface area contributed by atoms with Gasteiger partial charge in [-0.05, 0) is 18.6 Å². The highest BCUT2D eigenvalue weighted by Gasteiger charge is 2.23. The average Bonchev–Trinajstić information content (AvgIpc) is 2.34. The van der Waals surface area contributed by atoms with Gasteiger partial charge in [-0.2, -0.15) is 0 Å². The zero-order valence-electron chi connectivity index (χ0n) is 10.4. The summed E-state index contributed by atoms with van der Waals surface area (Å²) in [6.07, 6.45) is 0.479. The molecule has 0 aromatic heterocycles. The molecule has 0 spiro atoms. The largest absolute Gasteiger partial charge is 0.385 e. The highest BCUT2D eigenvalue weighted by Crippen LogP contribution is 2.18. The third-order valence-electron chi connectivity index (χ3n) is 2.26. The maximum atomic E-state index is 12.0. The molecular formula is C10H16N2O5S2. The van der Waals surface area contributed by atoms with Crippen molar-refractivity contribution in [3.8, 4) is 0 Å². The monoisotopic (exact) mass is 308 g/mol. The maximum absolute atomic E-state index is 12.0. The van der Waals surface area contributed by atoms with Crippen molar-refractivity contribution in [2.45, 2.75) is 16.2 Å². The van der Waals surface area contributed by atoms with Crippen molar-refractivity contribution < 1.29 is 21.6 Å². The quantitative estimate of drug-likeness (QED) is 0.668. The van der Waals surface area contributed by atoms with E-state index < -0.39 is 24.9 Å². The van der Waals surface area contributed by atoms with E-state index >= 15 is 0 Å². The molecule has 0 bridgehead atoms. The molecule has 108 valence electrons. The second kappa shape index (κ2) is 6.44. The Morgan fingerprint density at radius 3 is 2.26 bits per heavy atom. The van der Waals surface area contributed by atoms with Crippen molar-refractivity contribution in [1.29, 1.82) is 0 Å². The van der Waals surface area contributed by atoms with Crippen LogP contribution in [-0.4, -0.2) is 37.1 Å². The number of nitrogens with one attached hydrogen (secondary N) is 1. The zero-order chi connectivity index (χ0) is 14.5. The van der Waals surface area contributed by atoms with E-state index in [0.717, 1.165) is 6.07 Å². The molecule has 19 heavy (non-hydrogen) atoms. The fourth-order valence-corrected chi connectivity index (χ4v) is 3.86. The Balaban J connectivity index is 3.02. The minimum atomic E-state index is -4.10. The van der Waals surface area contributed by atoms with Crippen molar-refractivity contribution >= 4 is 20.0 Å². The lowest BCUT2D eigenvalue weighted by Gasteiger charge is -2.09. The molecule has 0 heterocycles. The Labute approximate surface area is 112 Å². The lowest BCUT2D eigenvalue weighted by molar-refractivity contribution is 0.196. The molecule has 0 radical (unpaired) electrons. The first-order chi connectivity index (χ1) is 8.79. The van der Waals surface area contributed by atoms with Crippen molar-refractivity contribution in [3.63, 3.8) is 0 Å². The SMILES string of the molecule is COCCCNS(=O)(=O)c1ccccc1S(N)(=O)=O. The molecule has 1 aromatic rings. The van der Waals surface area contributed by atoms with Crippen LogP contribution < -0.4 is 9.86 Å². The number of nitrogens with two attached hydrogens (primary N) is 1. The summed E-state index contributed by atoms with van der Waals surface area (Å²) in [4.78, 5) is -0.774. The first-order valence-electron chi connectivity index (χ1n) is 5.39. The van der Waals surface area contributed by atoms with E-state index in [2.05, 4.69) is 4.72 Å². The lowest BCUT2D eigenvalue weighted by atomic mass is 10.4. The molecule has 1 aromatic carbocycles. The van der Waals surface area contributed by atoms with Crippen molar-refractivity contribution in [2.75, 3.05) is 20.3 Å². The molecule has 0 aliphatic heterocycles. The van der Waals surface area contributed by atoms with Gasteiger partial charge < -0.3 is 4.74 Å². The number of ether oxygens (including phenoxy) is 1. The van der Waals surface area contributed by atoms with Crippen molar-refractivity contribution in [1.82, 2.24) is 4.72 Å². The standard InChI is InChI=1S/C10H16N2O5S2/c1-17-8-4-7-12-19(15,16)10-6-3-2-5-9(10)18(11,13)14/h2-3,5-6,12H,4,7-8H2,1H3,(H2,11,13,14). The van der Waals surface area contributed by atoms with Gasteiger partial charge in [0.2, 0.25) is 20.0 Å². The minimum absolute atomic E-state index is 0.148. The molecular weight excluding hydrogens is 292 g/mol. The van der Waals surface area contributed by atoms with Gasteiger partial charge in [0.1, 0.15) is 9.79 Å². The molecule has 0 amide bonds. The topological polar surface area (TPSA) is 116 Å². The number of primary sulfonamides is 1. The third-order valence-corrected chi connectivity index (χ3v) is 4.88. The summed E-state index contributed by atoms with van der Waals surface area (Å²) < 4.78 is 53.8. The van der Waals surface area contributed by atoms with Gasteiger partial charge in [0.15, 0.2) is 0 Å². The van der Waals surface area contributed by atoms with Crippen LogP contribution in [0.1, 0.15) is 6.42 Å². The smallest absolute Gasteiger partial charge is 0.241 e. The van der Waals surface area contributed by atoms with Crippen LogP contribution in [0.5, 0.6) is 0 Å². The molecule has 1 rings (SSSR count). The van der Waals surface area contributed by atoms with Crippen LogP contribution in [0, 0.1) is 0 Å². The molecule has 0 saturated carbocycles. The number of sulfonamides is 2. The van der Waals surface area contributed by atoms with Crippen molar-refractivity contribution in [3.05, 3.63) is 24.3 Å². The fourth-order valence-electron chi connectivity index (χ4n) is 1.41. The summed E-state index contributed by atoms with van der Waals surface area (Å²) >= 11 is 0. The second-order valence-corrected chi connectivity index (χ2v) is 7.00. The Hall–Kier alpha value is -1.00. The second-order valence-electron chi connectivity index (χ2n) is 3.74. The molecule has 3 N–H and O–H groups in total. The Morgan fingerprint density at radius 1 is 1.16 bits per heavy atom. The highest BCUT2D eigenvalue weighted by atomic mass is 32.2. The molecule has 0 aliphatic rings. The molecule has 7 nitrogen and oxygen atoms in total. The first-order valence-corrected chi connectivity index (χ1v) is 8.42. The summed E-state index contributed by atoms with van der Waals surface area (Å²) in [6, 6.07) is 5.18. The predicted molar refractivity (Wildman–Crippen MR) is 69.5 cm³/mol. The summed E-state index contributed by atoms with van der Waals surface area (Å²) in [5.74, 6) is 0. The Bertz CT molecular complexity index is 625. The van der Waals surface area contributed by atoms with Gasteiger partial charge in [0.25, 0.3) is 0 Å². The maximum Gasteiger partial charge on any atom is 0.241 e. The molecule has 9 heteroatoms. The van der Waals surface area contributed by atoms with E-state index in [4.69, 9.17) is 9.88 Å². The molecule has 0 atom stereocenters. The van der Waals surface area contributed by atoms with Gasteiger partial charge in [-0.25, -0.2) is 26.7 Å². The van der Waals surface area contributed by atoms with Crippen LogP contribution in [0.2, 0.25) is 0 Å². The predicted octanol–water partition coefficient (Wildman–Crippen LogP) is -0.351. The summed E-state index contributed by atoms with van der Waals surface area (Å²) in [7, 11) is -6.51. The highest BCUT2D eigenvalue weighted by molar-refractivity contribution is 7.92. The van der Waals surface area contributed by atoms with Gasteiger partial charge >= 0.3 is 0 Å². The Morgan fingerprint density at radius 2 is 1.74 bits per heavy atom. The van der Waals surface area contributed by atoms with Crippen LogP contribution in [0.3, 0.4) is 0 Å². The van der Waals surface area contributed by atoms with Gasteiger partial charge in [0.05, 0.1) is 0 Å². The molecule has 0 saturated heterocycles. The zero-order valence-corrected chi connectivity index (χ0v) is 12.0. The van der Waals surface area contributed by atoms with E-state index in [1.54, 1.807) is 0 Å². The fraction of sp³-hybridized carbons (Fsp3) is 0.400. The van der Waals surface area contributed by atoms with E-state index in [-0.39, 0.29) is 11.4 Å². The average molecular weight is 308 g/mol. The third kappa shape index (κ3) is 4.55. The molecule has 0 fully saturated rings. The number of hydrogen-bond acceptors (Lipinski definition) is 5. The summed E-state index contributed by atoms with van der Waals surface area (Å²) in [6.45, 7) is 0.550. The van der Waals surface area contributed by atoms with E-state index in [0.29, 0.717) is 13.0 Å². The molecule has 0 unspecified atom stereocenters. The van der Waals surface area contributed by atoms with E-state index in [9.17, 15) is 16.8 Å². The van der Waals surface area contributed by atoms with Crippen LogP contribution in [0.4, 0.5) is 0 Å².